The van der Waals surface area contributed by atoms with Crippen molar-refractivity contribution >= 4 is 5.69 Å². The van der Waals surface area contributed by atoms with Gasteiger partial charge in [0.1, 0.15) is 0 Å². The summed E-state index contributed by atoms with van der Waals surface area (Å²) in [6.07, 6.45) is 3.59. The van der Waals surface area contributed by atoms with Crippen molar-refractivity contribution in [1.29, 1.82) is 0 Å². The Labute approximate surface area is 109 Å². The molecule has 2 N–H and O–H groups in total. The van der Waals surface area contributed by atoms with Crippen LogP contribution in [0.5, 0.6) is 0 Å². The van der Waals surface area contributed by atoms with Gasteiger partial charge in [0.15, 0.2) is 0 Å². The van der Waals surface area contributed by atoms with Gasteiger partial charge in [0.05, 0.1) is 6.61 Å². The molecule has 1 aromatic carbocycles. The number of para-hydroxylation sites is 1. The molecule has 18 heavy (non-hydrogen) atoms. The third-order valence-corrected chi connectivity index (χ3v) is 4.30. The predicted octanol–water partition coefficient (Wildman–Crippen LogP) is 1.80. The first-order chi connectivity index (χ1) is 8.90. The monoisotopic (exact) mass is 246 g/mol. The number of rotatable bonds is 3. The van der Waals surface area contributed by atoms with Gasteiger partial charge in [0.2, 0.25) is 0 Å². The Morgan fingerprint density at radius 1 is 1.39 bits per heavy atom. The molecule has 98 valence electrons. The Kier molecular flexibility index (Phi) is 3.52. The molecule has 0 saturated carbocycles. The highest BCUT2D eigenvalue weighted by atomic mass is 16.5. The Bertz CT molecular complexity index is 401. The highest BCUT2D eigenvalue weighted by Crippen LogP contribution is 2.32. The zero-order chi connectivity index (χ0) is 12.4. The van der Waals surface area contributed by atoms with E-state index in [4.69, 9.17) is 10.5 Å². The van der Waals surface area contributed by atoms with Gasteiger partial charge in [-0.1, -0.05) is 18.2 Å². The Morgan fingerprint density at radius 2 is 2.28 bits per heavy atom. The summed E-state index contributed by atoms with van der Waals surface area (Å²) < 4.78 is 5.54. The largest absolute Gasteiger partial charge is 0.381 e. The van der Waals surface area contributed by atoms with Gasteiger partial charge in [-0.3, -0.25) is 0 Å². The van der Waals surface area contributed by atoms with Crippen LogP contribution in [0.2, 0.25) is 0 Å². The van der Waals surface area contributed by atoms with E-state index < -0.39 is 0 Å². The van der Waals surface area contributed by atoms with Crippen molar-refractivity contribution in [3.63, 3.8) is 0 Å². The maximum absolute atomic E-state index is 6.04. The number of aryl methyl sites for hydroxylation is 1. The molecule has 3 nitrogen and oxygen atoms in total. The van der Waals surface area contributed by atoms with Crippen molar-refractivity contribution in [2.75, 3.05) is 31.2 Å². The zero-order valence-electron chi connectivity index (χ0n) is 10.8. The highest BCUT2D eigenvalue weighted by Gasteiger charge is 2.31. The molecule has 1 aromatic rings. The quantitative estimate of drug-likeness (QED) is 0.884. The minimum Gasteiger partial charge on any atom is -0.381 e. The third-order valence-electron chi connectivity index (χ3n) is 4.30. The van der Waals surface area contributed by atoms with E-state index in [2.05, 4.69) is 29.2 Å². The first kappa shape index (κ1) is 12.0. The summed E-state index contributed by atoms with van der Waals surface area (Å²) in [7, 11) is 0. The standard InChI is InChI=1S/C15H22N2O/c16-10-15(13-7-9-18-11-13)17-8-3-5-12-4-1-2-6-14(12)17/h1-2,4,6,13,15H,3,5,7-11,16H2. The van der Waals surface area contributed by atoms with Crippen molar-refractivity contribution in [2.45, 2.75) is 25.3 Å². The lowest BCUT2D eigenvalue weighted by molar-refractivity contribution is 0.180. The van der Waals surface area contributed by atoms with E-state index in [-0.39, 0.29) is 0 Å². The number of nitrogens with two attached hydrogens (primary N) is 1. The van der Waals surface area contributed by atoms with Gasteiger partial charge in [-0.2, -0.15) is 0 Å². The molecule has 0 radical (unpaired) electrons. The van der Waals surface area contributed by atoms with E-state index in [9.17, 15) is 0 Å². The lowest BCUT2D eigenvalue weighted by Gasteiger charge is -2.40. The fourth-order valence-electron chi connectivity index (χ4n) is 3.34. The zero-order valence-corrected chi connectivity index (χ0v) is 10.8. The van der Waals surface area contributed by atoms with Crippen molar-refractivity contribution in [2.24, 2.45) is 11.7 Å². The fourth-order valence-corrected chi connectivity index (χ4v) is 3.34. The second kappa shape index (κ2) is 5.29. The summed E-state index contributed by atoms with van der Waals surface area (Å²) in [5.41, 5.74) is 8.91. The van der Waals surface area contributed by atoms with Gasteiger partial charge in [0.25, 0.3) is 0 Å². The molecule has 1 saturated heterocycles. The van der Waals surface area contributed by atoms with Crippen LogP contribution in [0.1, 0.15) is 18.4 Å². The van der Waals surface area contributed by atoms with Crippen LogP contribution >= 0.6 is 0 Å². The van der Waals surface area contributed by atoms with Crippen LogP contribution < -0.4 is 10.6 Å². The molecule has 0 aliphatic carbocycles. The molecule has 1 fully saturated rings. The topological polar surface area (TPSA) is 38.5 Å². The van der Waals surface area contributed by atoms with Crippen LogP contribution in [0.3, 0.4) is 0 Å². The number of fused-ring (bicyclic) bond motifs is 1. The molecule has 3 rings (SSSR count). The van der Waals surface area contributed by atoms with E-state index in [1.807, 2.05) is 0 Å². The molecule has 2 aliphatic rings. The Morgan fingerprint density at radius 3 is 3.06 bits per heavy atom. The van der Waals surface area contributed by atoms with Crippen LogP contribution in [0, 0.1) is 5.92 Å². The molecule has 2 atom stereocenters. The van der Waals surface area contributed by atoms with E-state index in [1.54, 1.807) is 0 Å². The maximum atomic E-state index is 6.04. The van der Waals surface area contributed by atoms with Crippen molar-refractivity contribution in [3.8, 4) is 0 Å². The minimum atomic E-state index is 0.439. The van der Waals surface area contributed by atoms with Crippen LogP contribution in [-0.2, 0) is 11.2 Å². The summed E-state index contributed by atoms with van der Waals surface area (Å²) in [5, 5.41) is 0. The minimum absolute atomic E-state index is 0.439. The maximum Gasteiger partial charge on any atom is 0.0515 e. The third kappa shape index (κ3) is 2.13. The molecule has 2 unspecified atom stereocenters. The number of hydrogen-bond donors (Lipinski definition) is 1. The second-order valence-corrected chi connectivity index (χ2v) is 5.35. The van der Waals surface area contributed by atoms with Gasteiger partial charge in [-0.05, 0) is 30.9 Å². The molecule has 2 aliphatic heterocycles. The smallest absolute Gasteiger partial charge is 0.0515 e. The first-order valence-corrected chi connectivity index (χ1v) is 7.02. The first-order valence-electron chi connectivity index (χ1n) is 7.02. The summed E-state index contributed by atoms with van der Waals surface area (Å²) in [5.74, 6) is 0.598. The van der Waals surface area contributed by atoms with E-state index in [1.165, 1.54) is 24.1 Å². The SMILES string of the molecule is NCC(C1CCOC1)N1CCCc2ccccc21. The van der Waals surface area contributed by atoms with Gasteiger partial charge in [0, 0.05) is 37.3 Å². The molecule has 3 heteroatoms. The van der Waals surface area contributed by atoms with Crippen LogP contribution in [0.25, 0.3) is 0 Å². The van der Waals surface area contributed by atoms with Gasteiger partial charge < -0.3 is 15.4 Å². The van der Waals surface area contributed by atoms with E-state index >= 15 is 0 Å². The van der Waals surface area contributed by atoms with Crippen molar-refractivity contribution in [3.05, 3.63) is 29.8 Å². The highest BCUT2D eigenvalue weighted by molar-refractivity contribution is 5.56. The van der Waals surface area contributed by atoms with Gasteiger partial charge >= 0.3 is 0 Å². The second-order valence-electron chi connectivity index (χ2n) is 5.35. The molecule has 0 bridgehead atoms. The molecular formula is C15H22N2O. The molecule has 2 heterocycles. The molecule has 0 spiro atoms. The average Bonchev–Trinajstić information content (AvgIpc) is 2.94. The number of nitrogens with zero attached hydrogens (tertiary/aromatic N) is 1. The van der Waals surface area contributed by atoms with Crippen LogP contribution in [-0.4, -0.2) is 32.3 Å². The number of ether oxygens (including phenoxy) is 1. The molecule has 0 aromatic heterocycles. The van der Waals surface area contributed by atoms with E-state index in [0.717, 1.165) is 32.7 Å². The van der Waals surface area contributed by atoms with Gasteiger partial charge in [-0.25, -0.2) is 0 Å². The average molecular weight is 246 g/mol. The van der Waals surface area contributed by atoms with Crippen molar-refractivity contribution < 1.29 is 4.74 Å². The molecule has 0 amide bonds. The fraction of sp³-hybridized carbons (Fsp3) is 0.600. The summed E-state index contributed by atoms with van der Waals surface area (Å²) in [6.45, 7) is 3.63. The Balaban J connectivity index is 1.87. The Hall–Kier alpha value is -1.06. The number of hydrogen-bond acceptors (Lipinski definition) is 3. The number of anilines is 1. The van der Waals surface area contributed by atoms with E-state index in [0.29, 0.717) is 12.0 Å². The predicted molar refractivity (Wildman–Crippen MR) is 73.9 cm³/mol. The summed E-state index contributed by atoms with van der Waals surface area (Å²) >= 11 is 0. The van der Waals surface area contributed by atoms with Crippen molar-refractivity contribution in [1.82, 2.24) is 0 Å². The molecular weight excluding hydrogens is 224 g/mol. The normalized spacial score (nSPS) is 24.9. The lowest BCUT2D eigenvalue weighted by Crippen LogP contribution is -2.48. The lowest BCUT2D eigenvalue weighted by atomic mass is 9.93. The van der Waals surface area contributed by atoms with Gasteiger partial charge in [-0.15, -0.1) is 0 Å². The summed E-state index contributed by atoms with van der Waals surface area (Å²) in [4.78, 5) is 2.53. The number of benzene rings is 1. The van der Waals surface area contributed by atoms with Crippen LogP contribution in [0.15, 0.2) is 24.3 Å². The summed E-state index contributed by atoms with van der Waals surface area (Å²) in [6, 6.07) is 9.20. The van der Waals surface area contributed by atoms with Crippen LogP contribution in [0.4, 0.5) is 5.69 Å².